The van der Waals surface area contributed by atoms with Crippen molar-refractivity contribution >= 4 is 5.91 Å². The highest BCUT2D eigenvalue weighted by atomic mass is 16.5. The number of carbonyl (C=O) groups is 1. The average Bonchev–Trinajstić information content (AvgIpc) is 3.35. The van der Waals surface area contributed by atoms with E-state index in [2.05, 4.69) is 41.0 Å². The minimum atomic E-state index is 0.163. The Morgan fingerprint density at radius 3 is 2.45 bits per heavy atom. The quantitative estimate of drug-likeness (QED) is 0.379. The van der Waals surface area contributed by atoms with E-state index < -0.39 is 0 Å². The number of likely N-dealkylation sites (tertiary alicyclic amines) is 1. The summed E-state index contributed by atoms with van der Waals surface area (Å²) in [6, 6.07) is 24.5. The van der Waals surface area contributed by atoms with Crippen molar-refractivity contribution in [2.75, 3.05) is 26.7 Å². The van der Waals surface area contributed by atoms with E-state index in [1.54, 1.807) is 13.2 Å². The second-order valence-electron chi connectivity index (χ2n) is 11.0. The van der Waals surface area contributed by atoms with E-state index >= 15 is 0 Å². The standard InChI is InChI=1S/C33H40N2O3/c1-24-11-9-10-16-29(24)30-23-34(20-25-17-18-31(36)32(19-25)38-2)21-27(30)22-35(28-14-7-4-8-15-28)33(37)26-12-5-3-6-13-26/h3,5-6,9-13,16-19,27-28,30,36H,4,7-8,14-15,20-23H2,1-2H3. The van der Waals surface area contributed by atoms with Crippen LogP contribution < -0.4 is 4.74 Å². The van der Waals surface area contributed by atoms with Crippen molar-refractivity contribution in [1.29, 1.82) is 0 Å². The lowest BCUT2D eigenvalue weighted by molar-refractivity contribution is 0.0588. The predicted molar refractivity (Wildman–Crippen MR) is 152 cm³/mol. The number of aryl methyl sites for hydroxylation is 1. The molecule has 0 aromatic heterocycles. The summed E-state index contributed by atoms with van der Waals surface area (Å²) < 4.78 is 5.35. The summed E-state index contributed by atoms with van der Waals surface area (Å²) in [6.45, 7) is 5.62. The highest BCUT2D eigenvalue weighted by Gasteiger charge is 2.38. The van der Waals surface area contributed by atoms with Gasteiger partial charge in [0.2, 0.25) is 0 Å². The molecular formula is C33H40N2O3. The number of phenolic OH excluding ortho intramolecular Hbond substituents is 1. The summed E-state index contributed by atoms with van der Waals surface area (Å²) in [5, 5.41) is 10.1. The monoisotopic (exact) mass is 512 g/mol. The van der Waals surface area contributed by atoms with Crippen molar-refractivity contribution in [3.63, 3.8) is 0 Å². The van der Waals surface area contributed by atoms with Crippen LogP contribution in [0.4, 0.5) is 0 Å². The van der Waals surface area contributed by atoms with Gasteiger partial charge in [-0.25, -0.2) is 0 Å². The van der Waals surface area contributed by atoms with Gasteiger partial charge in [0.15, 0.2) is 11.5 Å². The molecule has 0 bridgehead atoms. The first kappa shape index (κ1) is 26.3. The zero-order chi connectivity index (χ0) is 26.5. The van der Waals surface area contributed by atoms with Gasteiger partial charge in [0.1, 0.15) is 0 Å². The number of methoxy groups -OCH3 is 1. The average molecular weight is 513 g/mol. The Morgan fingerprint density at radius 1 is 0.974 bits per heavy atom. The molecule has 1 heterocycles. The van der Waals surface area contributed by atoms with E-state index in [9.17, 15) is 9.90 Å². The van der Waals surface area contributed by atoms with Gasteiger partial charge in [0, 0.05) is 43.7 Å². The normalized spacial score (nSPS) is 20.4. The number of carbonyl (C=O) groups excluding carboxylic acids is 1. The van der Waals surface area contributed by atoms with Crippen LogP contribution in [0.1, 0.15) is 65.1 Å². The molecule has 5 nitrogen and oxygen atoms in total. The third kappa shape index (κ3) is 5.88. The summed E-state index contributed by atoms with van der Waals surface area (Å²) in [7, 11) is 1.59. The number of hydrogen-bond acceptors (Lipinski definition) is 4. The maximum atomic E-state index is 13.9. The molecule has 5 heteroatoms. The van der Waals surface area contributed by atoms with E-state index in [1.165, 1.54) is 30.4 Å². The zero-order valence-corrected chi connectivity index (χ0v) is 22.7. The third-order valence-corrected chi connectivity index (χ3v) is 8.48. The molecule has 0 radical (unpaired) electrons. The number of nitrogens with zero attached hydrogens (tertiary/aromatic N) is 2. The van der Waals surface area contributed by atoms with Crippen LogP contribution in [-0.2, 0) is 6.54 Å². The molecule has 2 aliphatic rings. The van der Waals surface area contributed by atoms with Gasteiger partial charge < -0.3 is 14.7 Å². The number of phenols is 1. The highest BCUT2D eigenvalue weighted by molar-refractivity contribution is 5.94. The maximum absolute atomic E-state index is 13.9. The predicted octanol–water partition coefficient (Wildman–Crippen LogP) is 6.40. The molecule has 3 aromatic rings. The summed E-state index contributed by atoms with van der Waals surface area (Å²) in [4.78, 5) is 18.6. The van der Waals surface area contributed by atoms with Crippen LogP contribution in [0.2, 0.25) is 0 Å². The van der Waals surface area contributed by atoms with Crippen molar-refractivity contribution in [2.45, 2.75) is 57.5 Å². The van der Waals surface area contributed by atoms with Gasteiger partial charge in [-0.3, -0.25) is 9.69 Å². The summed E-state index contributed by atoms with van der Waals surface area (Å²) >= 11 is 0. The van der Waals surface area contributed by atoms with Crippen LogP contribution in [0.15, 0.2) is 72.8 Å². The topological polar surface area (TPSA) is 53.0 Å². The van der Waals surface area contributed by atoms with Crippen molar-refractivity contribution in [3.8, 4) is 11.5 Å². The van der Waals surface area contributed by atoms with Crippen LogP contribution in [0.3, 0.4) is 0 Å². The number of benzene rings is 3. The molecule has 2 fully saturated rings. The number of hydrogen-bond donors (Lipinski definition) is 1. The summed E-state index contributed by atoms with van der Waals surface area (Å²) in [5.74, 6) is 1.53. The number of amides is 1. The van der Waals surface area contributed by atoms with E-state index in [4.69, 9.17) is 4.74 Å². The van der Waals surface area contributed by atoms with E-state index in [-0.39, 0.29) is 11.7 Å². The lowest BCUT2D eigenvalue weighted by Crippen LogP contribution is -2.45. The molecule has 1 saturated carbocycles. The Morgan fingerprint density at radius 2 is 1.71 bits per heavy atom. The van der Waals surface area contributed by atoms with Crippen molar-refractivity contribution in [1.82, 2.24) is 9.80 Å². The van der Waals surface area contributed by atoms with Gasteiger partial charge in [-0.05, 0) is 66.6 Å². The highest BCUT2D eigenvalue weighted by Crippen LogP contribution is 2.38. The maximum Gasteiger partial charge on any atom is 0.254 e. The number of ether oxygens (including phenoxy) is 1. The Bertz CT molecular complexity index is 1220. The van der Waals surface area contributed by atoms with Gasteiger partial charge in [-0.2, -0.15) is 0 Å². The smallest absolute Gasteiger partial charge is 0.254 e. The largest absolute Gasteiger partial charge is 0.504 e. The van der Waals surface area contributed by atoms with Gasteiger partial charge in [0.25, 0.3) is 5.91 Å². The van der Waals surface area contributed by atoms with Gasteiger partial charge in [-0.1, -0.05) is 67.8 Å². The molecule has 0 spiro atoms. The fourth-order valence-corrected chi connectivity index (χ4v) is 6.50. The van der Waals surface area contributed by atoms with Crippen molar-refractivity contribution in [2.24, 2.45) is 5.92 Å². The molecule has 1 aliphatic heterocycles. The Hall–Kier alpha value is -3.31. The lowest BCUT2D eigenvalue weighted by atomic mass is 9.85. The fraction of sp³-hybridized carbons (Fsp3) is 0.424. The Labute approximate surface area is 227 Å². The van der Waals surface area contributed by atoms with Gasteiger partial charge in [0.05, 0.1) is 7.11 Å². The molecule has 1 N–H and O–H groups in total. The molecule has 2 unspecified atom stereocenters. The first-order chi connectivity index (χ1) is 18.5. The molecule has 3 aromatic carbocycles. The summed E-state index contributed by atoms with van der Waals surface area (Å²) in [6.07, 6.45) is 5.85. The van der Waals surface area contributed by atoms with Crippen LogP contribution in [0.5, 0.6) is 11.5 Å². The summed E-state index contributed by atoms with van der Waals surface area (Å²) in [5.41, 5.74) is 4.61. The van der Waals surface area contributed by atoms with E-state index in [0.717, 1.165) is 50.1 Å². The zero-order valence-electron chi connectivity index (χ0n) is 22.7. The Kier molecular flexibility index (Phi) is 8.33. The SMILES string of the molecule is COc1cc(CN2CC(CN(C(=O)c3ccccc3)C3CCCCC3)C(c3ccccc3C)C2)ccc1O. The minimum absolute atomic E-state index is 0.163. The second kappa shape index (κ2) is 12.0. The molecule has 2 atom stereocenters. The third-order valence-electron chi connectivity index (χ3n) is 8.48. The molecule has 1 amide bonds. The van der Waals surface area contributed by atoms with Gasteiger partial charge >= 0.3 is 0 Å². The molecule has 38 heavy (non-hydrogen) atoms. The van der Waals surface area contributed by atoms with Crippen LogP contribution in [0.25, 0.3) is 0 Å². The number of rotatable bonds is 8. The molecule has 1 aliphatic carbocycles. The first-order valence-electron chi connectivity index (χ1n) is 14.0. The first-order valence-corrected chi connectivity index (χ1v) is 14.0. The van der Waals surface area contributed by atoms with Crippen molar-refractivity contribution in [3.05, 3.63) is 95.1 Å². The molecule has 200 valence electrons. The van der Waals surface area contributed by atoms with Crippen molar-refractivity contribution < 1.29 is 14.6 Å². The fourth-order valence-electron chi connectivity index (χ4n) is 6.50. The second-order valence-corrected chi connectivity index (χ2v) is 11.0. The lowest BCUT2D eigenvalue weighted by Gasteiger charge is -2.37. The van der Waals surface area contributed by atoms with Crippen LogP contribution >= 0.6 is 0 Å². The van der Waals surface area contributed by atoms with Crippen LogP contribution in [-0.4, -0.2) is 53.6 Å². The Balaban J connectivity index is 1.43. The van der Waals surface area contributed by atoms with Gasteiger partial charge in [-0.15, -0.1) is 0 Å². The van der Waals surface area contributed by atoms with Crippen LogP contribution in [0, 0.1) is 12.8 Å². The number of aromatic hydroxyl groups is 1. The molecular weight excluding hydrogens is 472 g/mol. The molecule has 1 saturated heterocycles. The van der Waals surface area contributed by atoms with E-state index in [0.29, 0.717) is 23.6 Å². The molecule has 5 rings (SSSR count). The van der Waals surface area contributed by atoms with E-state index in [1.807, 2.05) is 42.5 Å². The minimum Gasteiger partial charge on any atom is -0.504 e.